The third kappa shape index (κ3) is 3.84. The molecule has 2 aromatic carbocycles. The number of aromatic nitrogens is 1. The van der Waals surface area contributed by atoms with Gasteiger partial charge in [0.15, 0.2) is 11.6 Å². The number of Topliss-reactive ketones (excluding diaryl/α,β-unsaturated/α-hetero) is 1. The monoisotopic (exact) mass is 580 g/mol. The van der Waals surface area contributed by atoms with Crippen molar-refractivity contribution in [2.75, 3.05) is 20.1 Å². The molecule has 2 amide bonds. The maximum atomic E-state index is 14.2. The molecule has 0 radical (unpaired) electrons. The zero-order valence-electron chi connectivity index (χ0n) is 24.4. The fraction of sp³-hybridized carbons (Fsp3) is 0.441. The van der Waals surface area contributed by atoms with Crippen LogP contribution in [0.2, 0.25) is 0 Å². The zero-order chi connectivity index (χ0) is 29.7. The van der Waals surface area contributed by atoms with Crippen molar-refractivity contribution in [2.45, 2.75) is 56.2 Å². The normalized spacial score (nSPS) is 35.0. The number of carbonyl (C=O) groups excluding carboxylic acids is 3. The second-order valence-electron chi connectivity index (χ2n) is 13.1. The van der Waals surface area contributed by atoms with E-state index >= 15 is 0 Å². The molecule has 8 rings (SSSR count). The number of aliphatic hydroxyl groups is 1. The Labute approximate surface area is 249 Å². The summed E-state index contributed by atoms with van der Waals surface area (Å²) >= 11 is 0. The lowest BCUT2D eigenvalue weighted by Gasteiger charge is -2.46. The fourth-order valence-electron chi connectivity index (χ4n) is 8.59. The average molecular weight is 581 g/mol. The van der Waals surface area contributed by atoms with E-state index in [1.54, 1.807) is 4.90 Å². The van der Waals surface area contributed by atoms with Crippen LogP contribution in [0.5, 0.6) is 0 Å². The summed E-state index contributed by atoms with van der Waals surface area (Å²) in [7, 11) is 2.03. The molecule has 3 aromatic rings. The van der Waals surface area contributed by atoms with Crippen LogP contribution in [0.25, 0.3) is 16.5 Å². The zero-order valence-corrected chi connectivity index (χ0v) is 24.4. The smallest absolute Gasteiger partial charge is 0.230 e. The highest BCUT2D eigenvalue weighted by molar-refractivity contribution is 6.02. The predicted molar refractivity (Wildman–Crippen MR) is 159 cm³/mol. The minimum atomic E-state index is -1.88. The lowest BCUT2D eigenvalue weighted by atomic mass is 9.72. The Morgan fingerprint density at radius 3 is 2.79 bits per heavy atom. The lowest BCUT2D eigenvalue weighted by Crippen LogP contribution is -2.64. The number of nitrogens with zero attached hydrogens (tertiary/aromatic N) is 2. The summed E-state index contributed by atoms with van der Waals surface area (Å²) in [5.41, 5.74) is 3.73. The maximum Gasteiger partial charge on any atom is 0.230 e. The van der Waals surface area contributed by atoms with E-state index in [2.05, 4.69) is 33.5 Å². The van der Waals surface area contributed by atoms with Crippen LogP contribution in [-0.2, 0) is 32.0 Å². The quantitative estimate of drug-likeness (QED) is 0.437. The first kappa shape index (κ1) is 26.8. The molecule has 9 heteroatoms. The van der Waals surface area contributed by atoms with Crippen molar-refractivity contribution in [2.24, 2.45) is 17.8 Å². The van der Waals surface area contributed by atoms with Gasteiger partial charge in [-0.15, -0.1) is 0 Å². The first-order valence-corrected chi connectivity index (χ1v) is 15.3. The molecule has 43 heavy (non-hydrogen) atoms. The number of likely N-dealkylation sites (N-methyl/N-ethyl adjacent to an activating group) is 1. The number of H-pyrrole nitrogens is 1. The predicted octanol–water partition coefficient (Wildman–Crippen LogP) is 2.64. The molecule has 3 saturated heterocycles. The number of ether oxygens (including phenoxy) is 1. The van der Waals surface area contributed by atoms with E-state index in [0.29, 0.717) is 25.9 Å². The summed E-state index contributed by atoms with van der Waals surface area (Å²) in [5, 5.41) is 16.2. The van der Waals surface area contributed by atoms with Gasteiger partial charge in [0.05, 0.1) is 23.8 Å². The van der Waals surface area contributed by atoms with Crippen LogP contribution in [0.15, 0.2) is 60.8 Å². The Balaban J connectivity index is 1.11. The van der Waals surface area contributed by atoms with Gasteiger partial charge >= 0.3 is 0 Å². The summed E-state index contributed by atoms with van der Waals surface area (Å²) in [6.45, 7) is 2.53. The number of benzene rings is 2. The largest absolute Gasteiger partial charge is 0.363 e. The highest BCUT2D eigenvalue weighted by Crippen LogP contribution is 2.51. The number of rotatable bonds is 4. The number of carbonyl (C=O) groups is 3. The van der Waals surface area contributed by atoms with Crippen molar-refractivity contribution in [1.29, 1.82) is 0 Å². The van der Waals surface area contributed by atoms with Crippen molar-refractivity contribution in [3.63, 3.8) is 0 Å². The number of fused-ring (bicyclic) bond motifs is 5. The number of amides is 2. The highest BCUT2D eigenvalue weighted by atomic mass is 16.7. The average Bonchev–Trinajstić information content (AvgIpc) is 3.70. The topological polar surface area (TPSA) is 115 Å². The number of hydrogen-bond donors (Lipinski definition) is 3. The molecule has 1 unspecified atom stereocenters. The van der Waals surface area contributed by atoms with Crippen molar-refractivity contribution in [1.82, 2.24) is 20.1 Å². The van der Waals surface area contributed by atoms with E-state index in [4.69, 9.17) is 4.74 Å². The van der Waals surface area contributed by atoms with E-state index in [0.717, 1.165) is 35.1 Å². The second-order valence-corrected chi connectivity index (χ2v) is 13.1. The van der Waals surface area contributed by atoms with Gasteiger partial charge in [-0.25, -0.2) is 0 Å². The molecule has 5 heterocycles. The molecular weight excluding hydrogens is 544 g/mol. The van der Waals surface area contributed by atoms with Crippen LogP contribution < -0.4 is 5.32 Å². The van der Waals surface area contributed by atoms with Crippen LogP contribution in [-0.4, -0.2) is 81.2 Å². The number of nitrogens with one attached hydrogen (secondary N) is 2. The standard InChI is InChI=1S/C34H36N4O5/c1-33(36-31(40)21-15-23-22-10-6-11-25-28(22)20(17-35-25)16-26(23)37(2)18-21)30(39)29-24(14-19-8-4-3-5-9-19)32(41)38-13-7-12-27(38)34(29,42)43-33/h3-6,8-11,15,17,21,24,26-27,29,35,42H,7,12-14,16,18H2,1-2H3,(H,36,40)/t21-,24-,26-,27-,29?,33-,34+/m1/s1. The van der Waals surface area contributed by atoms with Crippen molar-refractivity contribution in [3.05, 3.63) is 77.5 Å². The molecule has 0 saturated carbocycles. The SMILES string of the molecule is CN1C[C@H](C(=O)N[C@]2(C)O[C@]3(O)C(C2=O)[C@@H](Cc2ccccc2)C(=O)N2CCC[C@@H]23)C=C2c3cccc4[nH]cc(c34)C[C@H]21. The number of piperidine rings is 1. The summed E-state index contributed by atoms with van der Waals surface area (Å²) in [5.74, 6) is -5.18. The maximum absolute atomic E-state index is 14.2. The summed E-state index contributed by atoms with van der Waals surface area (Å²) in [6.07, 6.45) is 6.55. The van der Waals surface area contributed by atoms with Crippen molar-refractivity contribution in [3.8, 4) is 0 Å². The van der Waals surface area contributed by atoms with E-state index in [1.807, 2.05) is 49.5 Å². The highest BCUT2D eigenvalue weighted by Gasteiger charge is 2.71. The van der Waals surface area contributed by atoms with Crippen LogP contribution in [0, 0.1) is 17.8 Å². The Bertz CT molecular complexity index is 1700. The van der Waals surface area contributed by atoms with Gasteiger partial charge in [-0.1, -0.05) is 48.5 Å². The molecule has 4 aliphatic heterocycles. The Morgan fingerprint density at radius 2 is 1.98 bits per heavy atom. The summed E-state index contributed by atoms with van der Waals surface area (Å²) in [6, 6.07) is 15.3. The third-order valence-electron chi connectivity index (χ3n) is 10.6. The Morgan fingerprint density at radius 1 is 1.16 bits per heavy atom. The molecule has 5 aliphatic rings. The van der Waals surface area contributed by atoms with Gasteiger partial charge in [0, 0.05) is 36.2 Å². The van der Waals surface area contributed by atoms with Crippen LogP contribution in [0.3, 0.4) is 0 Å². The first-order chi connectivity index (χ1) is 20.7. The number of hydrogen-bond acceptors (Lipinski definition) is 6. The first-order valence-electron chi connectivity index (χ1n) is 15.3. The molecule has 0 spiro atoms. The lowest BCUT2D eigenvalue weighted by molar-refractivity contribution is -0.281. The van der Waals surface area contributed by atoms with E-state index in [1.165, 1.54) is 17.9 Å². The second kappa shape index (κ2) is 9.35. The Kier molecular flexibility index (Phi) is 5.83. The molecular formula is C34H36N4O5. The third-order valence-corrected chi connectivity index (χ3v) is 10.6. The van der Waals surface area contributed by atoms with E-state index < -0.39 is 41.1 Å². The fourth-order valence-corrected chi connectivity index (χ4v) is 8.59. The van der Waals surface area contributed by atoms with Crippen LogP contribution in [0.4, 0.5) is 0 Å². The minimum Gasteiger partial charge on any atom is -0.363 e. The molecule has 3 N–H and O–H groups in total. The van der Waals surface area contributed by atoms with Gasteiger partial charge in [-0.05, 0) is 68.0 Å². The van der Waals surface area contributed by atoms with Crippen LogP contribution >= 0.6 is 0 Å². The van der Waals surface area contributed by atoms with E-state index in [-0.39, 0.29) is 17.9 Å². The summed E-state index contributed by atoms with van der Waals surface area (Å²) in [4.78, 5) is 49.2. The van der Waals surface area contributed by atoms with Crippen molar-refractivity contribution >= 4 is 34.1 Å². The van der Waals surface area contributed by atoms with Gasteiger partial charge < -0.3 is 25.0 Å². The molecule has 9 nitrogen and oxygen atoms in total. The van der Waals surface area contributed by atoms with Gasteiger partial charge in [-0.2, -0.15) is 0 Å². The van der Waals surface area contributed by atoms with Gasteiger partial charge in [0.25, 0.3) is 0 Å². The minimum absolute atomic E-state index is 0.131. The molecule has 0 bridgehead atoms. The molecule has 1 aromatic heterocycles. The van der Waals surface area contributed by atoms with E-state index in [9.17, 15) is 19.5 Å². The van der Waals surface area contributed by atoms with Crippen molar-refractivity contribution < 1.29 is 24.2 Å². The molecule has 222 valence electrons. The van der Waals surface area contributed by atoms with Gasteiger partial charge in [-0.3, -0.25) is 19.3 Å². The molecule has 1 aliphatic carbocycles. The number of aromatic amines is 1. The number of ketones is 1. The molecule has 7 atom stereocenters. The van der Waals surface area contributed by atoms with Gasteiger partial charge in [0.1, 0.15) is 0 Å². The van der Waals surface area contributed by atoms with Gasteiger partial charge in [0.2, 0.25) is 17.5 Å². The Hall–Kier alpha value is -3.79. The molecule has 3 fully saturated rings. The van der Waals surface area contributed by atoms with Crippen LogP contribution in [0.1, 0.15) is 36.5 Å². The summed E-state index contributed by atoms with van der Waals surface area (Å²) < 4.78 is 6.30.